The van der Waals surface area contributed by atoms with Crippen molar-refractivity contribution < 1.29 is 13.2 Å². The zero-order valence-electron chi connectivity index (χ0n) is 12.9. The van der Waals surface area contributed by atoms with Crippen LogP contribution in [0, 0.1) is 6.92 Å². The maximum absolute atomic E-state index is 13.2. The third kappa shape index (κ3) is 2.78. The molecule has 0 bridgehead atoms. The summed E-state index contributed by atoms with van der Waals surface area (Å²) in [4.78, 5) is 0.448. The van der Waals surface area contributed by atoms with E-state index >= 15 is 0 Å². The van der Waals surface area contributed by atoms with E-state index in [0.29, 0.717) is 10.8 Å². The molecule has 0 fully saturated rings. The molecule has 126 valence electrons. The summed E-state index contributed by atoms with van der Waals surface area (Å²) in [7, 11) is 0. The molecule has 0 spiro atoms. The van der Waals surface area contributed by atoms with Gasteiger partial charge >= 0.3 is 6.18 Å². The van der Waals surface area contributed by atoms with Crippen LogP contribution in [0.2, 0.25) is 0 Å². The van der Waals surface area contributed by atoms with Crippen molar-refractivity contribution in [3.63, 3.8) is 0 Å². The number of hydrogen-bond donors (Lipinski definition) is 0. The van der Waals surface area contributed by atoms with Gasteiger partial charge in [0.15, 0.2) is 5.82 Å². The highest BCUT2D eigenvalue weighted by Crippen LogP contribution is 2.38. The molecular formula is C17H11F3N4S. The van der Waals surface area contributed by atoms with Crippen LogP contribution in [0.1, 0.15) is 11.1 Å². The van der Waals surface area contributed by atoms with Crippen molar-refractivity contribution in [2.45, 2.75) is 13.1 Å². The Bertz CT molecular complexity index is 1070. The molecule has 2 heterocycles. The molecule has 25 heavy (non-hydrogen) atoms. The Morgan fingerprint density at radius 3 is 2.56 bits per heavy atom. The summed E-state index contributed by atoms with van der Waals surface area (Å²) in [5, 5.41) is 12.8. The first-order valence-electron chi connectivity index (χ1n) is 7.39. The van der Waals surface area contributed by atoms with Gasteiger partial charge in [-0.25, -0.2) is 0 Å². The van der Waals surface area contributed by atoms with E-state index in [9.17, 15) is 13.2 Å². The third-order valence-electron chi connectivity index (χ3n) is 3.73. The molecule has 4 aromatic rings. The van der Waals surface area contributed by atoms with Crippen molar-refractivity contribution in [1.82, 2.24) is 19.8 Å². The molecule has 0 aliphatic rings. The summed E-state index contributed by atoms with van der Waals surface area (Å²) in [5.74, 6) is 0.505. The predicted octanol–water partition coefficient (Wildman–Crippen LogP) is 4.85. The molecule has 0 atom stereocenters. The van der Waals surface area contributed by atoms with E-state index in [4.69, 9.17) is 0 Å². The summed E-state index contributed by atoms with van der Waals surface area (Å²) < 4.78 is 41.2. The normalized spacial score (nSPS) is 12.0. The molecule has 0 radical (unpaired) electrons. The molecule has 2 aromatic carbocycles. The van der Waals surface area contributed by atoms with Crippen LogP contribution in [-0.4, -0.2) is 19.8 Å². The molecule has 0 amide bonds. The molecule has 0 saturated heterocycles. The Morgan fingerprint density at radius 1 is 1.00 bits per heavy atom. The quantitative estimate of drug-likeness (QED) is 0.513. The van der Waals surface area contributed by atoms with E-state index in [0.717, 1.165) is 28.5 Å². The summed E-state index contributed by atoms with van der Waals surface area (Å²) >= 11 is 1.08. The van der Waals surface area contributed by atoms with Gasteiger partial charge in [0.05, 0.1) is 5.56 Å². The van der Waals surface area contributed by atoms with E-state index in [1.165, 1.54) is 16.6 Å². The number of alkyl halides is 3. The van der Waals surface area contributed by atoms with Crippen LogP contribution in [0.25, 0.3) is 26.9 Å². The zero-order chi connectivity index (χ0) is 17.6. The topological polar surface area (TPSA) is 43.1 Å². The first-order chi connectivity index (χ1) is 11.9. The van der Waals surface area contributed by atoms with Crippen LogP contribution < -0.4 is 0 Å². The number of aromatic nitrogens is 4. The van der Waals surface area contributed by atoms with Crippen LogP contribution in [0.5, 0.6) is 0 Å². The molecule has 0 saturated carbocycles. The summed E-state index contributed by atoms with van der Waals surface area (Å²) in [5.41, 5.74) is 1.19. The van der Waals surface area contributed by atoms with Gasteiger partial charge < -0.3 is 0 Å². The molecule has 0 aliphatic heterocycles. The average Bonchev–Trinajstić information content (AvgIpc) is 3.14. The molecular weight excluding hydrogens is 349 g/mol. The monoisotopic (exact) mass is 360 g/mol. The van der Waals surface area contributed by atoms with Gasteiger partial charge in [-0.1, -0.05) is 53.3 Å². The standard InChI is InChI=1S/C17H11F3N4S/c1-10-5-4-6-11(9-10)14-21-22-16-24(14)23-15(25-16)12-7-2-3-8-13(12)17(18,19)20/h2-9H,1H3. The summed E-state index contributed by atoms with van der Waals surface area (Å²) in [6.45, 7) is 1.95. The second-order valence-electron chi connectivity index (χ2n) is 5.54. The van der Waals surface area contributed by atoms with Gasteiger partial charge in [0, 0.05) is 11.1 Å². The number of halogens is 3. The number of benzene rings is 2. The minimum Gasteiger partial charge on any atom is -0.182 e. The lowest BCUT2D eigenvalue weighted by Crippen LogP contribution is -2.06. The first kappa shape index (κ1) is 15.8. The van der Waals surface area contributed by atoms with Crippen molar-refractivity contribution >= 4 is 16.3 Å². The Labute approximate surface area is 144 Å². The Balaban J connectivity index is 1.87. The van der Waals surface area contributed by atoms with Crippen LogP contribution in [0.15, 0.2) is 48.5 Å². The van der Waals surface area contributed by atoms with Crippen LogP contribution >= 0.6 is 11.3 Å². The van der Waals surface area contributed by atoms with Crippen molar-refractivity contribution in [2.24, 2.45) is 0 Å². The number of aryl methyl sites for hydroxylation is 1. The first-order valence-corrected chi connectivity index (χ1v) is 8.21. The van der Waals surface area contributed by atoms with Crippen molar-refractivity contribution in [1.29, 1.82) is 0 Å². The molecule has 0 unspecified atom stereocenters. The Morgan fingerprint density at radius 2 is 1.80 bits per heavy atom. The number of nitrogens with zero attached hydrogens (tertiary/aromatic N) is 4. The zero-order valence-corrected chi connectivity index (χ0v) is 13.8. The van der Waals surface area contributed by atoms with Gasteiger partial charge in [0.25, 0.3) is 0 Å². The van der Waals surface area contributed by atoms with Gasteiger partial charge in [-0.15, -0.1) is 10.2 Å². The van der Waals surface area contributed by atoms with Gasteiger partial charge in [0.1, 0.15) is 5.01 Å². The fourth-order valence-corrected chi connectivity index (χ4v) is 3.49. The van der Waals surface area contributed by atoms with Crippen molar-refractivity contribution in [3.8, 4) is 22.0 Å². The molecule has 0 aliphatic carbocycles. The lowest BCUT2D eigenvalue weighted by Gasteiger charge is -2.10. The highest BCUT2D eigenvalue weighted by atomic mass is 32.1. The minimum absolute atomic E-state index is 0.0423. The highest BCUT2D eigenvalue weighted by molar-refractivity contribution is 7.19. The number of fused-ring (bicyclic) bond motifs is 1. The molecule has 4 rings (SSSR count). The van der Waals surface area contributed by atoms with Crippen LogP contribution in [0.4, 0.5) is 13.2 Å². The fraction of sp³-hybridized carbons (Fsp3) is 0.118. The maximum Gasteiger partial charge on any atom is 0.417 e. The smallest absolute Gasteiger partial charge is 0.182 e. The van der Waals surface area contributed by atoms with Gasteiger partial charge in [-0.3, -0.25) is 0 Å². The highest BCUT2D eigenvalue weighted by Gasteiger charge is 2.34. The number of hydrogen-bond acceptors (Lipinski definition) is 4. The van der Waals surface area contributed by atoms with Crippen molar-refractivity contribution in [3.05, 3.63) is 59.7 Å². The van der Waals surface area contributed by atoms with E-state index in [1.54, 1.807) is 6.07 Å². The second-order valence-corrected chi connectivity index (χ2v) is 6.49. The van der Waals surface area contributed by atoms with Gasteiger partial charge in [0.2, 0.25) is 4.96 Å². The fourth-order valence-electron chi connectivity index (χ4n) is 2.61. The van der Waals surface area contributed by atoms with E-state index in [2.05, 4.69) is 15.3 Å². The number of rotatable bonds is 2. The Kier molecular flexibility index (Phi) is 3.57. The maximum atomic E-state index is 13.2. The molecule has 8 heteroatoms. The van der Waals surface area contributed by atoms with E-state index in [1.807, 2.05) is 31.2 Å². The lowest BCUT2D eigenvalue weighted by atomic mass is 10.1. The minimum atomic E-state index is -4.44. The van der Waals surface area contributed by atoms with Gasteiger partial charge in [-0.2, -0.15) is 22.8 Å². The lowest BCUT2D eigenvalue weighted by molar-refractivity contribution is -0.137. The summed E-state index contributed by atoms with van der Waals surface area (Å²) in [6.07, 6.45) is -4.44. The third-order valence-corrected chi connectivity index (χ3v) is 4.66. The predicted molar refractivity (Wildman–Crippen MR) is 89.3 cm³/mol. The van der Waals surface area contributed by atoms with Gasteiger partial charge in [-0.05, 0) is 19.1 Å². The van der Waals surface area contributed by atoms with Crippen LogP contribution in [0.3, 0.4) is 0 Å². The largest absolute Gasteiger partial charge is 0.417 e. The molecule has 0 N–H and O–H groups in total. The average molecular weight is 360 g/mol. The van der Waals surface area contributed by atoms with E-state index < -0.39 is 11.7 Å². The van der Waals surface area contributed by atoms with Crippen LogP contribution in [-0.2, 0) is 6.18 Å². The summed E-state index contributed by atoms with van der Waals surface area (Å²) in [6, 6.07) is 13.0. The Hall–Kier alpha value is -2.74. The SMILES string of the molecule is Cc1cccc(-c2nnc3sc(-c4ccccc4C(F)(F)F)nn23)c1. The second kappa shape index (κ2) is 5.66. The van der Waals surface area contributed by atoms with E-state index in [-0.39, 0.29) is 10.6 Å². The molecule has 4 nitrogen and oxygen atoms in total. The molecule has 2 aromatic heterocycles. The van der Waals surface area contributed by atoms with Crippen molar-refractivity contribution in [2.75, 3.05) is 0 Å².